The van der Waals surface area contributed by atoms with E-state index in [-0.39, 0.29) is 0 Å². The van der Waals surface area contributed by atoms with E-state index in [0.29, 0.717) is 6.54 Å². The van der Waals surface area contributed by atoms with Crippen LogP contribution in [-0.2, 0) is 6.54 Å². The monoisotopic (exact) mass is 174 g/mol. The van der Waals surface area contributed by atoms with Gasteiger partial charge in [0.2, 0.25) is 0 Å². The molecule has 2 aromatic carbocycles. The summed E-state index contributed by atoms with van der Waals surface area (Å²) in [6.07, 6.45) is 0. The van der Waals surface area contributed by atoms with Gasteiger partial charge in [0.15, 0.2) is 0 Å². The third-order valence-electron chi connectivity index (χ3n) is 2.16. The van der Waals surface area contributed by atoms with Crippen LogP contribution in [0.3, 0.4) is 0 Å². The fourth-order valence-corrected chi connectivity index (χ4v) is 1.54. The topological polar surface area (TPSA) is 12.0 Å². The van der Waals surface area contributed by atoms with Gasteiger partial charge in [0.05, 0.1) is 0 Å². The van der Waals surface area contributed by atoms with Gasteiger partial charge in [-0.05, 0) is 23.3 Å². The smallest absolute Gasteiger partial charge is 0.0391 e. The molecule has 0 aromatic heterocycles. The molecule has 0 heterocycles. The Bertz CT molecular complexity index is 486. The van der Waals surface area contributed by atoms with Crippen molar-refractivity contribution in [1.82, 2.24) is 5.32 Å². The van der Waals surface area contributed by atoms with E-state index in [1.807, 2.05) is 42.5 Å². The molecule has 66 valence electrons. The molecule has 0 aliphatic carbocycles. The SMILES string of the molecule is [2H]C([2H])([2H])NCc1cccc2ccccc12. The van der Waals surface area contributed by atoms with Gasteiger partial charge in [0.1, 0.15) is 0 Å². The van der Waals surface area contributed by atoms with Gasteiger partial charge < -0.3 is 5.32 Å². The average Bonchev–Trinajstić information content (AvgIpc) is 2.25. The summed E-state index contributed by atoms with van der Waals surface area (Å²) in [5.74, 6) is 0. The van der Waals surface area contributed by atoms with E-state index in [9.17, 15) is 0 Å². The molecule has 1 heteroatoms. The van der Waals surface area contributed by atoms with E-state index in [0.717, 1.165) is 16.3 Å². The minimum atomic E-state index is -2.09. The van der Waals surface area contributed by atoms with Crippen LogP contribution >= 0.6 is 0 Å². The van der Waals surface area contributed by atoms with Gasteiger partial charge in [-0.1, -0.05) is 42.5 Å². The molecule has 1 nitrogen and oxygen atoms in total. The molecule has 0 atom stereocenters. The van der Waals surface area contributed by atoms with Gasteiger partial charge in [-0.2, -0.15) is 0 Å². The molecule has 0 aliphatic rings. The van der Waals surface area contributed by atoms with Crippen LogP contribution in [0.5, 0.6) is 0 Å². The maximum atomic E-state index is 7.11. The fourth-order valence-electron chi connectivity index (χ4n) is 1.54. The maximum absolute atomic E-state index is 7.11. The van der Waals surface area contributed by atoms with E-state index in [4.69, 9.17) is 4.11 Å². The molecule has 13 heavy (non-hydrogen) atoms. The summed E-state index contributed by atoms with van der Waals surface area (Å²) in [4.78, 5) is 0. The second kappa shape index (κ2) is 3.58. The number of hydrogen-bond acceptors (Lipinski definition) is 1. The Morgan fingerprint density at radius 2 is 2.00 bits per heavy atom. The molecule has 0 fully saturated rings. The highest BCUT2D eigenvalue weighted by Gasteiger charge is 1.97. The highest BCUT2D eigenvalue weighted by Crippen LogP contribution is 2.17. The molecule has 2 aromatic rings. The number of hydrogen-bond donors (Lipinski definition) is 1. The summed E-state index contributed by atoms with van der Waals surface area (Å²) in [7, 11) is 0. The lowest BCUT2D eigenvalue weighted by Crippen LogP contribution is -2.05. The first-order valence-corrected chi connectivity index (χ1v) is 4.28. The Kier molecular flexibility index (Phi) is 1.49. The summed E-state index contributed by atoms with van der Waals surface area (Å²) in [5, 5.41) is 4.76. The molecular formula is C12H13N. The molecular weight excluding hydrogens is 158 g/mol. The summed E-state index contributed by atoms with van der Waals surface area (Å²) >= 11 is 0. The molecule has 0 saturated carbocycles. The van der Waals surface area contributed by atoms with Crippen LogP contribution in [0.25, 0.3) is 10.8 Å². The predicted octanol–water partition coefficient (Wildman–Crippen LogP) is 2.56. The molecule has 0 aliphatic heterocycles. The van der Waals surface area contributed by atoms with Crippen molar-refractivity contribution in [2.24, 2.45) is 0 Å². The van der Waals surface area contributed by atoms with Crippen molar-refractivity contribution in [2.45, 2.75) is 6.54 Å². The number of benzene rings is 2. The molecule has 0 radical (unpaired) electrons. The molecule has 1 N–H and O–H groups in total. The first kappa shape index (κ1) is 5.40. The van der Waals surface area contributed by atoms with Crippen LogP contribution < -0.4 is 5.32 Å². The summed E-state index contributed by atoms with van der Waals surface area (Å²) in [6.45, 7) is -1.73. The van der Waals surface area contributed by atoms with E-state index in [1.54, 1.807) is 0 Å². The predicted molar refractivity (Wildman–Crippen MR) is 56.7 cm³/mol. The van der Waals surface area contributed by atoms with Crippen molar-refractivity contribution in [1.29, 1.82) is 0 Å². The third kappa shape index (κ3) is 1.56. The lowest BCUT2D eigenvalue weighted by atomic mass is 10.0. The third-order valence-corrected chi connectivity index (χ3v) is 2.16. The standard InChI is InChI=1S/C12H13N/c1-13-9-11-7-4-6-10-5-2-3-8-12(10)11/h2-8,13H,9H2,1H3/i1D3. The van der Waals surface area contributed by atoms with Crippen molar-refractivity contribution in [3.63, 3.8) is 0 Å². The minimum Gasteiger partial charge on any atom is -0.316 e. The zero-order chi connectivity index (χ0) is 11.6. The van der Waals surface area contributed by atoms with E-state index in [1.165, 1.54) is 0 Å². The van der Waals surface area contributed by atoms with Gasteiger partial charge in [-0.25, -0.2) is 0 Å². The van der Waals surface area contributed by atoms with Crippen LogP contribution in [0.2, 0.25) is 0 Å². The Morgan fingerprint density at radius 3 is 2.92 bits per heavy atom. The van der Waals surface area contributed by atoms with Crippen molar-refractivity contribution < 1.29 is 4.11 Å². The van der Waals surface area contributed by atoms with Crippen LogP contribution in [0.4, 0.5) is 0 Å². The second-order valence-corrected chi connectivity index (χ2v) is 2.99. The van der Waals surface area contributed by atoms with Crippen molar-refractivity contribution >= 4 is 10.8 Å². The molecule has 0 bridgehead atoms. The Morgan fingerprint density at radius 1 is 1.15 bits per heavy atom. The van der Waals surface area contributed by atoms with Gasteiger partial charge in [-0.3, -0.25) is 0 Å². The average molecular weight is 174 g/mol. The van der Waals surface area contributed by atoms with Crippen molar-refractivity contribution in [3.05, 3.63) is 48.0 Å². The van der Waals surface area contributed by atoms with Crippen LogP contribution in [0, 0.1) is 0 Å². The Balaban J connectivity index is 2.30. The number of fused-ring (bicyclic) bond motifs is 1. The molecule has 0 spiro atoms. The zero-order valence-corrected chi connectivity index (χ0v) is 7.25. The van der Waals surface area contributed by atoms with Gasteiger partial charge >= 0.3 is 0 Å². The highest BCUT2D eigenvalue weighted by molar-refractivity contribution is 5.85. The molecule has 2 rings (SSSR count). The van der Waals surface area contributed by atoms with Crippen LogP contribution in [-0.4, -0.2) is 6.98 Å². The van der Waals surface area contributed by atoms with E-state index in [2.05, 4.69) is 5.32 Å². The fraction of sp³-hybridized carbons (Fsp3) is 0.167. The number of rotatable bonds is 2. The molecule has 0 amide bonds. The lowest BCUT2D eigenvalue weighted by molar-refractivity contribution is 0.824. The highest BCUT2D eigenvalue weighted by atomic mass is 14.8. The van der Waals surface area contributed by atoms with Crippen LogP contribution in [0.1, 0.15) is 9.68 Å². The Hall–Kier alpha value is -1.34. The number of nitrogens with one attached hydrogen (secondary N) is 1. The Labute approximate surface area is 82.6 Å². The van der Waals surface area contributed by atoms with Gasteiger partial charge in [0, 0.05) is 10.7 Å². The quantitative estimate of drug-likeness (QED) is 0.737. The minimum absolute atomic E-state index is 0.359. The van der Waals surface area contributed by atoms with Crippen molar-refractivity contribution in [3.8, 4) is 0 Å². The normalized spacial score (nSPS) is 14.9. The summed E-state index contributed by atoms with van der Waals surface area (Å²) in [6, 6.07) is 13.9. The van der Waals surface area contributed by atoms with E-state index < -0.39 is 6.98 Å². The first-order chi connectivity index (χ1) is 7.56. The second-order valence-electron chi connectivity index (χ2n) is 2.99. The summed E-state index contributed by atoms with van der Waals surface area (Å²) in [5.41, 5.74) is 1.01. The van der Waals surface area contributed by atoms with Crippen molar-refractivity contribution in [2.75, 3.05) is 6.98 Å². The first-order valence-electron chi connectivity index (χ1n) is 5.78. The van der Waals surface area contributed by atoms with E-state index >= 15 is 0 Å². The molecule has 0 unspecified atom stereocenters. The maximum Gasteiger partial charge on any atom is 0.0391 e. The van der Waals surface area contributed by atoms with Gasteiger partial charge in [0.25, 0.3) is 0 Å². The molecule has 0 saturated heterocycles. The zero-order valence-electron chi connectivity index (χ0n) is 10.2. The largest absolute Gasteiger partial charge is 0.316 e. The van der Waals surface area contributed by atoms with Crippen LogP contribution in [0.15, 0.2) is 42.5 Å². The lowest BCUT2D eigenvalue weighted by Gasteiger charge is -2.04. The van der Waals surface area contributed by atoms with Gasteiger partial charge in [-0.15, -0.1) is 0 Å². The summed E-state index contributed by atoms with van der Waals surface area (Å²) < 4.78 is 21.3.